The number of anilines is 2. The van der Waals surface area contributed by atoms with Crippen LogP contribution in [-0.4, -0.2) is 98.1 Å². The van der Waals surface area contributed by atoms with E-state index in [1.165, 1.54) is 36.4 Å². The molecule has 0 radical (unpaired) electrons. The van der Waals surface area contributed by atoms with Crippen LogP contribution in [0, 0.1) is 6.92 Å². The number of nitrogens with zero attached hydrogens (tertiary/aromatic N) is 3. The van der Waals surface area contributed by atoms with Crippen LogP contribution < -0.4 is 35.5 Å². The number of aryl methyl sites for hydroxylation is 1. The predicted octanol–water partition coefficient (Wildman–Crippen LogP) is 7.58. The molecule has 3 aromatic heterocycles. The summed E-state index contributed by atoms with van der Waals surface area (Å²) >= 11 is 0. The topological polar surface area (TPSA) is 245 Å². The summed E-state index contributed by atoms with van der Waals surface area (Å²) in [5, 5.41) is 12.0. The highest BCUT2D eigenvalue weighted by atomic mass is 32.2. The Hall–Kier alpha value is -7.58. The van der Waals surface area contributed by atoms with Gasteiger partial charge in [-0.05, 0) is 84.9 Å². The highest BCUT2D eigenvalue weighted by Crippen LogP contribution is 2.30. The molecule has 0 atom stereocenters. The van der Waals surface area contributed by atoms with Gasteiger partial charge in [0.15, 0.2) is 0 Å². The van der Waals surface area contributed by atoms with Crippen LogP contribution in [0.5, 0.6) is 17.2 Å². The Balaban J connectivity index is 1.22. The Kier molecular flexibility index (Phi) is 16.0. The van der Waals surface area contributed by atoms with E-state index in [0.29, 0.717) is 33.3 Å². The molecule has 0 unspecified atom stereocenters. The van der Waals surface area contributed by atoms with Gasteiger partial charge in [0.05, 0.1) is 29.0 Å². The largest absolute Gasteiger partial charge is 0.491 e. The van der Waals surface area contributed by atoms with Crippen molar-refractivity contribution in [3.8, 4) is 17.2 Å². The molecule has 0 aliphatic rings. The van der Waals surface area contributed by atoms with Crippen molar-refractivity contribution in [2.24, 2.45) is 0 Å². The summed E-state index contributed by atoms with van der Waals surface area (Å²) in [6.45, 7) is 12.0. The van der Waals surface area contributed by atoms with Gasteiger partial charge in [-0.15, -0.1) is 0 Å². The van der Waals surface area contributed by atoms with Crippen molar-refractivity contribution < 1.29 is 55.5 Å². The molecule has 6 rings (SSSR count). The second-order valence-corrected chi connectivity index (χ2v) is 18.6. The lowest BCUT2D eigenvalue weighted by Gasteiger charge is -2.19. The molecular weight excluding hydrogens is 899 g/mol. The van der Waals surface area contributed by atoms with E-state index < -0.39 is 51.9 Å². The molecule has 0 saturated heterocycles. The van der Waals surface area contributed by atoms with Gasteiger partial charge in [0.2, 0.25) is 0 Å². The van der Waals surface area contributed by atoms with Crippen LogP contribution in [0.25, 0.3) is 21.8 Å². The number of ether oxygens (including phenoxy) is 5. The molecule has 0 spiro atoms. The molecule has 3 heterocycles. The normalized spacial score (nSPS) is 11.6. The first-order valence-electron chi connectivity index (χ1n) is 21.4. The number of alkyl carbamates (subject to hydrolysis) is 2. The van der Waals surface area contributed by atoms with Gasteiger partial charge >= 0.3 is 12.2 Å². The van der Waals surface area contributed by atoms with Gasteiger partial charge in [0.1, 0.15) is 77.9 Å². The molecule has 0 saturated carbocycles. The summed E-state index contributed by atoms with van der Waals surface area (Å²) in [6, 6.07) is 25.9. The number of nitrogens with one attached hydrogen (secondary N) is 4. The number of rotatable bonds is 18. The maximum atomic E-state index is 14.0. The summed E-state index contributed by atoms with van der Waals surface area (Å²) in [5.74, 6) is -0.738. The van der Waals surface area contributed by atoms with E-state index in [1.807, 2.05) is 6.92 Å². The van der Waals surface area contributed by atoms with Gasteiger partial charge in [0.25, 0.3) is 21.9 Å². The minimum atomic E-state index is -4.12. The molecule has 0 fully saturated rings. The van der Waals surface area contributed by atoms with E-state index in [-0.39, 0.29) is 66.6 Å². The Bertz CT molecular complexity index is 2750. The molecule has 6 aromatic rings. The zero-order chi connectivity index (χ0) is 49.1. The molecular formula is C48H53N7O12S. The van der Waals surface area contributed by atoms with Gasteiger partial charge < -0.3 is 45.0 Å². The Morgan fingerprint density at radius 2 is 1.01 bits per heavy atom. The number of fused-ring (bicyclic) bond motifs is 2. The van der Waals surface area contributed by atoms with Gasteiger partial charge in [-0.25, -0.2) is 24.5 Å². The third kappa shape index (κ3) is 14.7. The standard InChI is InChI=1S/C48H53N7O12S/c1-30-16-18-32(19-17-30)68(60,61)65-25-24-62-31-26-37(43(56)54-41-28-39(33-12-8-10-14-35(33)52-41)63-22-20-49-45(58)66-47(2,3)4)51-38(27-31)44(57)55-42-29-40(34-13-9-11-15-36(34)53-42)64-23-21-50-46(59)67-48(5,6)7/h8-19,26-29H,20-25H2,1-7H3,(H,49,58)(H,50,59)(H,52,54,56)(H,53,55,57). The summed E-state index contributed by atoms with van der Waals surface area (Å²) < 4.78 is 59.3. The Morgan fingerprint density at radius 3 is 1.47 bits per heavy atom. The number of hydrogen-bond acceptors (Lipinski definition) is 15. The SMILES string of the molecule is Cc1ccc(S(=O)(=O)OCCOc2cc(C(=O)Nc3cc(OCCNC(=O)OC(C)(C)C)c4ccccc4n3)nc(C(=O)Nc3cc(OCCNC(=O)OC(C)(C)C)c4ccccc4n3)c2)cc1. The van der Waals surface area contributed by atoms with Gasteiger partial charge in [-0.2, -0.15) is 8.42 Å². The Labute approximate surface area is 393 Å². The predicted molar refractivity (Wildman–Crippen MR) is 253 cm³/mol. The van der Waals surface area contributed by atoms with Crippen molar-refractivity contribution in [1.29, 1.82) is 0 Å². The highest BCUT2D eigenvalue weighted by molar-refractivity contribution is 7.86. The lowest BCUT2D eigenvalue weighted by atomic mass is 10.2. The number of para-hydroxylation sites is 2. The average molecular weight is 952 g/mol. The first kappa shape index (κ1) is 49.8. The molecule has 68 heavy (non-hydrogen) atoms. The number of carbonyl (C=O) groups excluding carboxylic acids is 4. The minimum absolute atomic E-state index is 0.0207. The second-order valence-electron chi connectivity index (χ2n) is 17.0. The van der Waals surface area contributed by atoms with Crippen LogP contribution in [0.2, 0.25) is 0 Å². The summed E-state index contributed by atoms with van der Waals surface area (Å²) in [4.78, 5) is 65.8. The fraction of sp³-hybridized carbons (Fsp3) is 0.312. The molecule has 0 aliphatic heterocycles. The smallest absolute Gasteiger partial charge is 0.407 e. The van der Waals surface area contributed by atoms with Crippen LogP contribution in [0.1, 0.15) is 68.1 Å². The molecule has 20 heteroatoms. The first-order valence-corrected chi connectivity index (χ1v) is 22.8. The van der Waals surface area contributed by atoms with Crippen LogP contribution >= 0.6 is 0 Å². The monoisotopic (exact) mass is 951 g/mol. The fourth-order valence-electron chi connectivity index (χ4n) is 6.17. The number of benzene rings is 3. The quantitative estimate of drug-likeness (QED) is 0.0479. The lowest BCUT2D eigenvalue weighted by molar-refractivity contribution is 0.0509. The van der Waals surface area contributed by atoms with Crippen molar-refractivity contribution in [3.05, 3.63) is 114 Å². The van der Waals surface area contributed by atoms with Crippen LogP contribution in [0.15, 0.2) is 102 Å². The third-order valence-corrected chi connectivity index (χ3v) is 10.4. The highest BCUT2D eigenvalue weighted by Gasteiger charge is 2.21. The van der Waals surface area contributed by atoms with Crippen LogP contribution in [0.3, 0.4) is 0 Å². The van der Waals surface area contributed by atoms with Gasteiger partial charge in [-0.3, -0.25) is 13.8 Å². The summed E-state index contributed by atoms with van der Waals surface area (Å²) in [5.41, 5.74) is -0.0597. The minimum Gasteiger partial charge on any atom is -0.491 e. The van der Waals surface area contributed by atoms with Crippen LogP contribution in [0.4, 0.5) is 21.2 Å². The number of aromatic nitrogens is 3. The molecule has 3 aromatic carbocycles. The molecule has 0 aliphatic carbocycles. The van der Waals surface area contributed by atoms with E-state index in [1.54, 1.807) is 102 Å². The second kappa shape index (κ2) is 21.8. The van der Waals surface area contributed by atoms with Crippen LogP contribution in [-0.2, 0) is 23.8 Å². The maximum Gasteiger partial charge on any atom is 0.407 e. The number of pyridine rings is 3. The van der Waals surface area contributed by atoms with Crippen molar-refractivity contribution in [1.82, 2.24) is 25.6 Å². The molecule has 358 valence electrons. The van der Waals surface area contributed by atoms with E-state index in [2.05, 4.69) is 36.2 Å². The van der Waals surface area contributed by atoms with E-state index in [9.17, 15) is 27.6 Å². The summed E-state index contributed by atoms with van der Waals surface area (Å²) in [6.07, 6.45) is -1.21. The van der Waals surface area contributed by atoms with E-state index in [0.717, 1.165) is 5.56 Å². The third-order valence-electron chi connectivity index (χ3n) is 9.06. The zero-order valence-electron chi connectivity index (χ0n) is 38.6. The molecule has 0 bridgehead atoms. The molecule has 19 nitrogen and oxygen atoms in total. The summed E-state index contributed by atoms with van der Waals surface area (Å²) in [7, 11) is -4.12. The Morgan fingerprint density at radius 1 is 0.559 bits per heavy atom. The van der Waals surface area contributed by atoms with Gasteiger partial charge in [-0.1, -0.05) is 42.0 Å². The molecule has 4 amide bonds. The maximum absolute atomic E-state index is 14.0. The van der Waals surface area contributed by atoms with Crippen molar-refractivity contribution in [2.45, 2.75) is 64.6 Å². The number of hydrogen-bond donors (Lipinski definition) is 4. The van der Waals surface area contributed by atoms with Crippen molar-refractivity contribution in [2.75, 3.05) is 50.2 Å². The zero-order valence-corrected chi connectivity index (χ0v) is 39.4. The first-order chi connectivity index (χ1) is 32.2. The van der Waals surface area contributed by atoms with Crippen molar-refractivity contribution in [3.63, 3.8) is 0 Å². The van der Waals surface area contributed by atoms with Crippen molar-refractivity contribution >= 4 is 67.6 Å². The van der Waals surface area contributed by atoms with E-state index in [4.69, 9.17) is 27.9 Å². The average Bonchev–Trinajstić information content (AvgIpc) is 3.27. The number of carbonyl (C=O) groups is 4. The van der Waals surface area contributed by atoms with Gasteiger partial charge in [0, 0.05) is 35.0 Å². The number of amides is 4. The van der Waals surface area contributed by atoms with E-state index >= 15 is 0 Å². The fourth-order valence-corrected chi connectivity index (χ4v) is 7.06. The molecule has 4 N–H and O–H groups in total. The lowest BCUT2D eigenvalue weighted by Crippen LogP contribution is -2.34.